The topological polar surface area (TPSA) is 76.3 Å². The van der Waals surface area contributed by atoms with Crippen molar-refractivity contribution in [2.45, 2.75) is 32.7 Å². The molecule has 1 fully saturated rings. The van der Waals surface area contributed by atoms with Gasteiger partial charge in [-0.05, 0) is 38.8 Å². The van der Waals surface area contributed by atoms with Gasteiger partial charge in [0.25, 0.3) is 5.91 Å². The molecule has 5 nitrogen and oxygen atoms in total. The van der Waals surface area contributed by atoms with E-state index in [9.17, 15) is 9.59 Å². The Balaban J connectivity index is 1.78. The number of rotatable bonds is 3. The number of likely N-dealkylation sites (tertiary alicyclic amines) is 1. The third-order valence-electron chi connectivity index (χ3n) is 4.54. The van der Waals surface area contributed by atoms with Gasteiger partial charge in [-0.15, -0.1) is 11.3 Å². The molecule has 1 aromatic carbocycles. The molecular formula is C18H21N3O2S. The van der Waals surface area contributed by atoms with E-state index in [1.807, 2.05) is 43.5 Å². The van der Waals surface area contributed by atoms with Crippen molar-refractivity contribution in [2.75, 3.05) is 6.54 Å². The Morgan fingerprint density at radius 2 is 1.96 bits per heavy atom. The fraction of sp³-hybridized carbons (Fsp3) is 0.389. The number of amides is 2. The summed E-state index contributed by atoms with van der Waals surface area (Å²) in [7, 11) is 0. The summed E-state index contributed by atoms with van der Waals surface area (Å²) in [6.07, 6.45) is 1.55. The largest absolute Gasteiger partial charge is 0.369 e. The quantitative estimate of drug-likeness (QED) is 0.931. The van der Waals surface area contributed by atoms with Gasteiger partial charge < -0.3 is 10.6 Å². The van der Waals surface area contributed by atoms with Gasteiger partial charge in [0, 0.05) is 34.8 Å². The molecule has 1 saturated heterocycles. The lowest BCUT2D eigenvalue weighted by molar-refractivity contribution is -0.123. The molecule has 6 heteroatoms. The molecule has 1 aliphatic heterocycles. The molecule has 0 aliphatic carbocycles. The smallest absolute Gasteiger partial charge is 0.254 e. The van der Waals surface area contributed by atoms with Gasteiger partial charge in [-0.2, -0.15) is 0 Å². The highest BCUT2D eigenvalue weighted by atomic mass is 32.1. The number of piperidine rings is 1. The van der Waals surface area contributed by atoms with E-state index in [1.54, 1.807) is 16.2 Å². The number of aromatic nitrogens is 1. The van der Waals surface area contributed by atoms with Crippen LogP contribution in [-0.4, -0.2) is 34.3 Å². The van der Waals surface area contributed by atoms with Crippen LogP contribution in [0.15, 0.2) is 29.6 Å². The number of thiazole rings is 1. The van der Waals surface area contributed by atoms with Gasteiger partial charge >= 0.3 is 0 Å². The van der Waals surface area contributed by atoms with Crippen molar-refractivity contribution in [2.24, 2.45) is 11.7 Å². The summed E-state index contributed by atoms with van der Waals surface area (Å²) in [6.45, 7) is 4.38. The van der Waals surface area contributed by atoms with Crippen molar-refractivity contribution in [3.63, 3.8) is 0 Å². The Bertz CT molecular complexity index is 754. The van der Waals surface area contributed by atoms with Gasteiger partial charge in [0.15, 0.2) is 0 Å². The predicted molar refractivity (Wildman–Crippen MR) is 94.7 cm³/mol. The van der Waals surface area contributed by atoms with Crippen LogP contribution in [0.4, 0.5) is 0 Å². The highest BCUT2D eigenvalue weighted by molar-refractivity contribution is 7.13. The third kappa shape index (κ3) is 3.33. The number of aryl methyl sites for hydroxylation is 1. The van der Waals surface area contributed by atoms with Crippen LogP contribution in [0.1, 0.15) is 35.8 Å². The Morgan fingerprint density at radius 1 is 1.25 bits per heavy atom. The molecule has 0 unspecified atom stereocenters. The minimum atomic E-state index is -0.325. The number of carbonyl (C=O) groups excluding carboxylic acids is 2. The van der Waals surface area contributed by atoms with Crippen LogP contribution in [0, 0.1) is 12.8 Å². The molecule has 1 aromatic heterocycles. The molecule has 2 N–H and O–H groups in total. The van der Waals surface area contributed by atoms with E-state index in [1.165, 1.54) is 0 Å². The average Bonchev–Trinajstić information content (AvgIpc) is 3.01. The van der Waals surface area contributed by atoms with E-state index >= 15 is 0 Å². The lowest BCUT2D eigenvalue weighted by Crippen LogP contribution is -2.48. The molecule has 2 atom stereocenters. The van der Waals surface area contributed by atoms with Crippen molar-refractivity contribution in [1.82, 2.24) is 9.88 Å². The number of nitrogens with two attached hydrogens (primary N) is 1. The van der Waals surface area contributed by atoms with Crippen molar-refractivity contribution in [1.29, 1.82) is 0 Å². The van der Waals surface area contributed by atoms with E-state index in [0.29, 0.717) is 12.1 Å². The summed E-state index contributed by atoms with van der Waals surface area (Å²) in [5, 5.41) is 2.96. The molecule has 0 spiro atoms. The van der Waals surface area contributed by atoms with E-state index in [2.05, 4.69) is 4.98 Å². The first-order valence-corrected chi connectivity index (χ1v) is 8.96. The maximum Gasteiger partial charge on any atom is 0.254 e. The maximum atomic E-state index is 12.8. The Hall–Kier alpha value is -2.21. The fourth-order valence-corrected chi connectivity index (χ4v) is 3.83. The molecule has 3 rings (SSSR count). The van der Waals surface area contributed by atoms with Gasteiger partial charge in [0.2, 0.25) is 5.91 Å². The van der Waals surface area contributed by atoms with Gasteiger partial charge in [-0.3, -0.25) is 9.59 Å². The summed E-state index contributed by atoms with van der Waals surface area (Å²) in [6, 6.07) is 7.62. The normalized spacial score (nSPS) is 20.8. The summed E-state index contributed by atoms with van der Waals surface area (Å²) in [5.41, 5.74) is 8.05. The van der Waals surface area contributed by atoms with E-state index < -0.39 is 0 Å². The van der Waals surface area contributed by atoms with Crippen LogP contribution < -0.4 is 5.73 Å². The Labute approximate surface area is 145 Å². The molecule has 126 valence electrons. The van der Waals surface area contributed by atoms with Gasteiger partial charge in [-0.25, -0.2) is 4.98 Å². The summed E-state index contributed by atoms with van der Waals surface area (Å²) >= 11 is 1.59. The first-order chi connectivity index (χ1) is 11.5. The predicted octanol–water partition coefficient (Wildman–Crippen LogP) is 2.84. The maximum absolute atomic E-state index is 12.8. The van der Waals surface area contributed by atoms with Crippen LogP contribution in [0.2, 0.25) is 0 Å². The minimum absolute atomic E-state index is 0.0460. The summed E-state index contributed by atoms with van der Waals surface area (Å²) < 4.78 is 0. The van der Waals surface area contributed by atoms with Crippen molar-refractivity contribution in [3.05, 3.63) is 40.9 Å². The average molecular weight is 343 g/mol. The summed E-state index contributed by atoms with van der Waals surface area (Å²) in [5.74, 6) is -0.618. The lowest BCUT2D eigenvalue weighted by atomic mass is 9.92. The van der Waals surface area contributed by atoms with Crippen LogP contribution in [0.5, 0.6) is 0 Å². The zero-order chi connectivity index (χ0) is 17.3. The van der Waals surface area contributed by atoms with Crippen LogP contribution in [-0.2, 0) is 4.79 Å². The minimum Gasteiger partial charge on any atom is -0.369 e. The number of primary amides is 1. The van der Waals surface area contributed by atoms with Gasteiger partial charge in [0.05, 0.1) is 5.92 Å². The van der Waals surface area contributed by atoms with Crippen molar-refractivity contribution in [3.8, 4) is 10.6 Å². The second-order valence-corrected chi connectivity index (χ2v) is 7.21. The zero-order valence-electron chi connectivity index (χ0n) is 13.9. The first-order valence-electron chi connectivity index (χ1n) is 8.08. The zero-order valence-corrected chi connectivity index (χ0v) is 14.7. The van der Waals surface area contributed by atoms with Crippen molar-refractivity contribution < 1.29 is 9.59 Å². The molecule has 0 radical (unpaired) electrons. The van der Waals surface area contributed by atoms with Gasteiger partial charge in [0.1, 0.15) is 5.01 Å². The highest BCUT2D eigenvalue weighted by Gasteiger charge is 2.32. The second-order valence-electron chi connectivity index (χ2n) is 6.35. The lowest BCUT2D eigenvalue weighted by Gasteiger charge is -2.37. The second kappa shape index (κ2) is 6.73. The van der Waals surface area contributed by atoms with E-state index in [4.69, 9.17) is 5.73 Å². The molecule has 2 heterocycles. The fourth-order valence-electron chi connectivity index (χ4n) is 3.03. The van der Waals surface area contributed by atoms with Crippen molar-refractivity contribution >= 4 is 23.2 Å². The van der Waals surface area contributed by atoms with Gasteiger partial charge in [-0.1, -0.05) is 12.1 Å². The monoisotopic (exact) mass is 343 g/mol. The number of nitrogens with zero attached hydrogens (tertiary/aromatic N) is 2. The number of carbonyl (C=O) groups is 2. The highest BCUT2D eigenvalue weighted by Crippen LogP contribution is 2.26. The SMILES string of the molecule is Cc1csc(-c2ccc(C(=O)N3C[C@H](C(N)=O)CC[C@H]3C)cc2)n1. The van der Waals surface area contributed by atoms with Crippen LogP contribution in [0.3, 0.4) is 0 Å². The van der Waals surface area contributed by atoms with E-state index in [0.717, 1.165) is 29.1 Å². The number of hydrogen-bond donors (Lipinski definition) is 1. The molecule has 24 heavy (non-hydrogen) atoms. The third-order valence-corrected chi connectivity index (χ3v) is 5.55. The molecular weight excluding hydrogens is 322 g/mol. The molecule has 0 saturated carbocycles. The summed E-state index contributed by atoms with van der Waals surface area (Å²) in [4.78, 5) is 30.5. The Kier molecular flexibility index (Phi) is 4.66. The molecule has 1 aliphatic rings. The molecule has 2 aromatic rings. The van der Waals surface area contributed by atoms with Crippen LogP contribution >= 0.6 is 11.3 Å². The molecule has 0 bridgehead atoms. The number of benzene rings is 1. The Morgan fingerprint density at radius 3 is 2.54 bits per heavy atom. The standard InChI is InChI=1S/C18H21N3O2S/c1-11-10-24-17(20-11)13-5-7-14(8-6-13)18(23)21-9-15(16(19)22)4-3-12(21)2/h5-8,10,12,15H,3-4,9H2,1-2H3,(H2,19,22)/t12-,15-/m1/s1. The molecule has 2 amide bonds. The van der Waals surface area contributed by atoms with E-state index in [-0.39, 0.29) is 23.8 Å². The number of hydrogen-bond acceptors (Lipinski definition) is 4. The van der Waals surface area contributed by atoms with Crippen LogP contribution in [0.25, 0.3) is 10.6 Å². The first kappa shape index (κ1) is 16.6.